The van der Waals surface area contributed by atoms with Gasteiger partial charge in [0.2, 0.25) is 0 Å². The lowest BCUT2D eigenvalue weighted by molar-refractivity contribution is 0.660. The number of hydrogen-bond donors (Lipinski definition) is 0. The first kappa shape index (κ1) is 34.8. The lowest BCUT2D eigenvalue weighted by Crippen LogP contribution is -2.25. The van der Waals surface area contributed by atoms with Gasteiger partial charge in [0, 0.05) is 21.8 Å². The van der Waals surface area contributed by atoms with Crippen LogP contribution in [-0.4, -0.2) is 4.68 Å². The van der Waals surface area contributed by atoms with Gasteiger partial charge in [-0.15, -0.1) is 0 Å². The Morgan fingerprint density at radius 1 is 0.356 bits per heavy atom. The zero-order valence-corrected chi connectivity index (χ0v) is 33.2. The molecule has 1 aliphatic carbocycles. The van der Waals surface area contributed by atoms with Gasteiger partial charge in [0.25, 0.3) is 0 Å². The molecule has 11 rings (SSSR count). The first-order chi connectivity index (χ1) is 29.0. The third-order valence-electron chi connectivity index (χ3n) is 12.4. The number of rotatable bonds is 7. The molecule has 280 valence electrons. The second-order valence-corrected chi connectivity index (χ2v) is 16.2. The highest BCUT2D eigenvalue weighted by Gasteiger charge is 2.36. The van der Waals surface area contributed by atoms with E-state index in [1.54, 1.807) is 0 Å². The van der Waals surface area contributed by atoms with Gasteiger partial charge in [-0.1, -0.05) is 190 Å². The molecule has 0 atom stereocenters. The maximum absolute atomic E-state index is 2.50. The summed E-state index contributed by atoms with van der Waals surface area (Å²) in [5.74, 6) is 0. The van der Waals surface area contributed by atoms with Crippen molar-refractivity contribution in [3.63, 3.8) is 0 Å². The van der Waals surface area contributed by atoms with Gasteiger partial charge in [0.15, 0.2) is 0 Å². The lowest BCUT2D eigenvalue weighted by atomic mass is 9.82. The van der Waals surface area contributed by atoms with E-state index in [9.17, 15) is 0 Å². The quantitative estimate of drug-likeness (QED) is 0.157. The number of nitrogens with zero attached hydrogens (tertiary/aromatic N) is 2. The summed E-state index contributed by atoms with van der Waals surface area (Å²) in [6.45, 7) is 4.73. The Balaban J connectivity index is 1.27. The van der Waals surface area contributed by atoms with Crippen LogP contribution in [0, 0.1) is 0 Å². The van der Waals surface area contributed by atoms with Crippen molar-refractivity contribution in [3.8, 4) is 55.6 Å². The van der Waals surface area contributed by atoms with Gasteiger partial charge in [-0.05, 0) is 104 Å². The van der Waals surface area contributed by atoms with Gasteiger partial charge in [0.1, 0.15) is 0 Å². The molecule has 1 aromatic heterocycles. The van der Waals surface area contributed by atoms with Crippen LogP contribution >= 0.6 is 0 Å². The SMILES string of the molecule is CC1(C)c2ccccc2-c2ccc(N(c3ccc(-c4ccccc4)cc3)n3c4cccc(-c5ccccc5)c4c4cc(-c5ccccc5)cc(-c5ccccc5)c43)cc21. The van der Waals surface area contributed by atoms with E-state index in [2.05, 4.69) is 242 Å². The molecule has 0 aliphatic heterocycles. The average Bonchev–Trinajstić information content (AvgIpc) is 3.75. The summed E-state index contributed by atoms with van der Waals surface area (Å²) >= 11 is 0. The van der Waals surface area contributed by atoms with Crippen molar-refractivity contribution >= 4 is 33.2 Å². The molecular formula is C57H42N2. The molecule has 10 aromatic rings. The van der Waals surface area contributed by atoms with Crippen LogP contribution < -0.4 is 5.01 Å². The molecule has 2 heteroatoms. The first-order valence-corrected chi connectivity index (χ1v) is 20.5. The maximum Gasteiger partial charge on any atom is 0.0795 e. The minimum absolute atomic E-state index is 0.161. The van der Waals surface area contributed by atoms with Crippen LogP contribution in [0.5, 0.6) is 0 Å². The van der Waals surface area contributed by atoms with Crippen LogP contribution in [0.15, 0.2) is 218 Å². The van der Waals surface area contributed by atoms with E-state index in [1.807, 2.05) is 0 Å². The van der Waals surface area contributed by atoms with E-state index in [0.717, 1.165) is 22.4 Å². The van der Waals surface area contributed by atoms with Crippen molar-refractivity contribution in [3.05, 3.63) is 230 Å². The van der Waals surface area contributed by atoms with Crippen LogP contribution in [0.25, 0.3) is 77.4 Å². The van der Waals surface area contributed by atoms with E-state index in [-0.39, 0.29) is 5.41 Å². The number of anilines is 2. The van der Waals surface area contributed by atoms with Crippen molar-refractivity contribution < 1.29 is 0 Å². The van der Waals surface area contributed by atoms with Crippen molar-refractivity contribution in [1.82, 2.24) is 4.68 Å². The summed E-state index contributed by atoms with van der Waals surface area (Å²) in [5, 5.41) is 4.89. The molecular weight excluding hydrogens is 713 g/mol. The van der Waals surface area contributed by atoms with Gasteiger partial charge in [-0.2, -0.15) is 0 Å². The third-order valence-corrected chi connectivity index (χ3v) is 12.4. The molecule has 0 saturated carbocycles. The van der Waals surface area contributed by atoms with E-state index in [4.69, 9.17) is 0 Å². The molecule has 9 aromatic carbocycles. The number of benzene rings is 9. The zero-order valence-electron chi connectivity index (χ0n) is 33.2. The lowest BCUT2D eigenvalue weighted by Gasteiger charge is -2.31. The second kappa shape index (κ2) is 13.9. The Labute approximate surface area is 345 Å². The van der Waals surface area contributed by atoms with Crippen LogP contribution in [0.1, 0.15) is 25.0 Å². The number of aromatic nitrogens is 1. The number of hydrogen-bond acceptors (Lipinski definition) is 1. The molecule has 0 saturated heterocycles. The smallest absolute Gasteiger partial charge is 0.0795 e. The third kappa shape index (κ3) is 5.71. The standard InChI is InChI=1S/C57H42N2/c1-57(2)52-28-16-15-26-48(52)49-35-34-46(38-53(49)57)58(45-32-30-41(31-33-45)39-18-7-3-8-19-39)59-54-29-17-27-47(42-22-11-5-12-23-42)55(54)51-37-44(40-20-9-4-10-21-40)36-50(56(51)59)43-24-13-6-14-25-43/h3-38H,1-2H3. The summed E-state index contributed by atoms with van der Waals surface area (Å²) < 4.78 is 2.50. The van der Waals surface area contributed by atoms with Gasteiger partial charge >= 0.3 is 0 Å². The summed E-state index contributed by atoms with van der Waals surface area (Å²) in [6.07, 6.45) is 0. The Hall–Kier alpha value is -7.42. The second-order valence-electron chi connectivity index (χ2n) is 16.2. The monoisotopic (exact) mass is 754 g/mol. The highest BCUT2D eigenvalue weighted by Crippen LogP contribution is 2.51. The van der Waals surface area contributed by atoms with Gasteiger partial charge < -0.3 is 0 Å². The van der Waals surface area contributed by atoms with Crippen molar-refractivity contribution in [2.24, 2.45) is 0 Å². The Kier molecular flexibility index (Phi) is 8.20. The van der Waals surface area contributed by atoms with Crippen molar-refractivity contribution in [2.45, 2.75) is 19.3 Å². The van der Waals surface area contributed by atoms with Crippen molar-refractivity contribution in [2.75, 3.05) is 5.01 Å². The van der Waals surface area contributed by atoms with E-state index < -0.39 is 0 Å². The van der Waals surface area contributed by atoms with Crippen LogP contribution in [-0.2, 0) is 5.41 Å². The minimum Gasteiger partial charge on any atom is -0.249 e. The van der Waals surface area contributed by atoms with Gasteiger partial charge in [-0.3, -0.25) is 0 Å². The molecule has 0 amide bonds. The first-order valence-electron chi connectivity index (χ1n) is 20.5. The molecule has 0 N–H and O–H groups in total. The van der Waals surface area contributed by atoms with Crippen LogP contribution in [0.2, 0.25) is 0 Å². The highest BCUT2D eigenvalue weighted by atomic mass is 15.6. The Morgan fingerprint density at radius 3 is 1.53 bits per heavy atom. The Morgan fingerprint density at radius 2 is 0.864 bits per heavy atom. The number of fused-ring (bicyclic) bond motifs is 6. The summed E-state index contributed by atoms with van der Waals surface area (Å²) in [4.78, 5) is 0. The van der Waals surface area contributed by atoms with Crippen molar-refractivity contribution in [1.29, 1.82) is 0 Å². The largest absolute Gasteiger partial charge is 0.249 e. The average molecular weight is 755 g/mol. The molecule has 0 bridgehead atoms. The fourth-order valence-corrected chi connectivity index (χ4v) is 9.50. The fraction of sp³-hybridized carbons (Fsp3) is 0.0526. The zero-order chi connectivity index (χ0) is 39.5. The molecule has 0 fully saturated rings. The maximum atomic E-state index is 2.50. The van der Waals surface area contributed by atoms with Crippen LogP contribution in [0.3, 0.4) is 0 Å². The van der Waals surface area contributed by atoms with Gasteiger partial charge in [0.05, 0.1) is 22.4 Å². The van der Waals surface area contributed by atoms with E-state index in [0.29, 0.717) is 0 Å². The summed E-state index contributed by atoms with van der Waals surface area (Å²) in [5.41, 5.74) is 19.2. The fourth-order valence-electron chi connectivity index (χ4n) is 9.50. The molecule has 0 radical (unpaired) electrons. The molecule has 0 unspecified atom stereocenters. The minimum atomic E-state index is -0.161. The molecule has 1 aliphatic rings. The molecule has 0 spiro atoms. The summed E-state index contributed by atoms with van der Waals surface area (Å²) in [6, 6.07) is 80.0. The normalized spacial score (nSPS) is 12.7. The highest BCUT2D eigenvalue weighted by molar-refractivity contribution is 6.19. The van der Waals surface area contributed by atoms with Gasteiger partial charge in [-0.25, -0.2) is 9.69 Å². The molecule has 59 heavy (non-hydrogen) atoms. The molecule has 2 nitrogen and oxygen atoms in total. The van der Waals surface area contributed by atoms with E-state index in [1.165, 1.54) is 77.5 Å². The summed E-state index contributed by atoms with van der Waals surface area (Å²) in [7, 11) is 0. The predicted octanol–water partition coefficient (Wildman–Crippen LogP) is 15.4. The molecule has 1 heterocycles. The predicted molar refractivity (Wildman–Crippen MR) is 249 cm³/mol. The van der Waals surface area contributed by atoms with E-state index >= 15 is 0 Å². The topological polar surface area (TPSA) is 8.17 Å². The van der Waals surface area contributed by atoms with Crippen LogP contribution in [0.4, 0.5) is 11.4 Å². The Bertz CT molecular complexity index is 3140.